The van der Waals surface area contributed by atoms with E-state index in [-0.39, 0.29) is 30.1 Å². The van der Waals surface area contributed by atoms with Gasteiger partial charge in [0.2, 0.25) is 0 Å². The van der Waals surface area contributed by atoms with Gasteiger partial charge in [-0.2, -0.15) is 22.0 Å². The number of hydrogen-bond donors (Lipinski definition) is 2. The van der Waals surface area contributed by atoms with Gasteiger partial charge in [0, 0.05) is 28.7 Å². The first-order valence-corrected chi connectivity index (χ1v) is 17.6. The molecule has 1 aromatic rings. The molecule has 3 aliphatic rings. The van der Waals surface area contributed by atoms with Crippen molar-refractivity contribution in [3.8, 4) is 5.75 Å². The van der Waals surface area contributed by atoms with Gasteiger partial charge in [0.15, 0.2) is 0 Å². The third kappa shape index (κ3) is 7.89. The highest BCUT2D eigenvalue weighted by atomic mass is 32.2. The molecule has 42 heavy (non-hydrogen) atoms. The molecule has 240 valence electrons. The van der Waals surface area contributed by atoms with Gasteiger partial charge in [-0.15, -0.1) is 0 Å². The average molecular weight is 621 g/mol. The van der Waals surface area contributed by atoms with Crippen LogP contribution in [-0.2, 0) is 17.2 Å². The summed E-state index contributed by atoms with van der Waals surface area (Å²) in [6, 6.07) is 5.94. The molecular weight excluding hydrogens is 571 g/mol. The quantitative estimate of drug-likeness (QED) is 0.152. The summed E-state index contributed by atoms with van der Waals surface area (Å²) in [5.74, 6) is -1.41. The van der Waals surface area contributed by atoms with Gasteiger partial charge in [-0.05, 0) is 110 Å². The van der Waals surface area contributed by atoms with Crippen LogP contribution < -0.4 is 0 Å². The topological polar surface area (TPSA) is 57.5 Å². The van der Waals surface area contributed by atoms with Crippen LogP contribution in [0, 0.1) is 23.2 Å². The molecule has 0 spiro atoms. The van der Waals surface area contributed by atoms with E-state index in [1.165, 1.54) is 30.4 Å². The Labute approximate surface area is 250 Å². The number of alkyl halides is 5. The lowest BCUT2D eigenvalue weighted by Gasteiger charge is -2.53. The summed E-state index contributed by atoms with van der Waals surface area (Å²) in [6.45, 7) is 2.31. The Kier molecular flexibility index (Phi) is 11.4. The molecule has 7 atom stereocenters. The maximum Gasteiger partial charge on any atom is 0.453 e. The van der Waals surface area contributed by atoms with Crippen molar-refractivity contribution in [1.82, 2.24) is 0 Å². The van der Waals surface area contributed by atoms with Gasteiger partial charge in [-0.1, -0.05) is 51.5 Å². The fourth-order valence-electron chi connectivity index (χ4n) is 8.44. The molecule has 2 N–H and O–H groups in total. The highest BCUT2D eigenvalue weighted by Crippen LogP contribution is 2.62. The maximum absolute atomic E-state index is 12.9. The molecule has 0 aromatic heterocycles. The Bertz CT molecular complexity index is 1050. The third-order valence-corrected chi connectivity index (χ3v) is 12.3. The predicted molar refractivity (Wildman–Crippen MR) is 157 cm³/mol. The number of phenolic OH excluding ortho intramolecular Hbond substituents is 1. The molecule has 2 fully saturated rings. The Hall–Kier alpha value is -1.22. The summed E-state index contributed by atoms with van der Waals surface area (Å²) in [7, 11) is -1.17. The third-order valence-electron chi connectivity index (χ3n) is 10.8. The van der Waals surface area contributed by atoms with Gasteiger partial charge in [0.05, 0.1) is 6.10 Å². The van der Waals surface area contributed by atoms with Crippen LogP contribution in [-0.4, -0.2) is 44.1 Å². The molecule has 2 saturated carbocycles. The SMILES string of the molecule is C[C@]12CC[C@@H]3c4ccc(O)cc4C[C@@H](CCCCCCCCCS(=O)CCCCC(F)(F)C(F)(F)F)[C@H]3[C@@H]1CC[C@@H]2O. The Morgan fingerprint density at radius 2 is 1.55 bits per heavy atom. The molecule has 0 aliphatic heterocycles. The number of aliphatic hydroxyl groups is 1. The van der Waals surface area contributed by atoms with E-state index >= 15 is 0 Å². The highest BCUT2D eigenvalue weighted by Gasteiger charge is 2.57. The summed E-state index contributed by atoms with van der Waals surface area (Å²) in [4.78, 5) is 0. The van der Waals surface area contributed by atoms with E-state index in [1.54, 1.807) is 0 Å². The van der Waals surface area contributed by atoms with E-state index in [0.717, 1.165) is 64.2 Å². The van der Waals surface area contributed by atoms with Crippen LogP contribution in [0.5, 0.6) is 5.75 Å². The van der Waals surface area contributed by atoms with E-state index in [0.29, 0.717) is 35.2 Å². The molecule has 0 saturated heterocycles. The first-order valence-electron chi connectivity index (χ1n) is 16.1. The van der Waals surface area contributed by atoms with Crippen LogP contribution in [0.3, 0.4) is 0 Å². The molecule has 0 bridgehead atoms. The van der Waals surface area contributed by atoms with Crippen molar-refractivity contribution in [3.05, 3.63) is 29.3 Å². The van der Waals surface area contributed by atoms with Gasteiger partial charge in [-0.25, -0.2) is 0 Å². The zero-order valence-electron chi connectivity index (χ0n) is 24.9. The van der Waals surface area contributed by atoms with E-state index in [4.69, 9.17) is 0 Å². The van der Waals surface area contributed by atoms with Crippen molar-refractivity contribution in [3.63, 3.8) is 0 Å². The summed E-state index contributed by atoms with van der Waals surface area (Å²) >= 11 is 0. The number of aromatic hydroxyl groups is 1. The summed E-state index contributed by atoms with van der Waals surface area (Å²) in [5, 5.41) is 21.0. The summed E-state index contributed by atoms with van der Waals surface area (Å²) in [6.07, 6.45) is 6.66. The maximum atomic E-state index is 12.9. The molecule has 0 heterocycles. The van der Waals surface area contributed by atoms with Crippen molar-refractivity contribution in [2.24, 2.45) is 23.2 Å². The first-order chi connectivity index (χ1) is 19.8. The zero-order valence-corrected chi connectivity index (χ0v) is 25.8. The predicted octanol–water partition coefficient (Wildman–Crippen LogP) is 9.07. The van der Waals surface area contributed by atoms with Crippen molar-refractivity contribution < 1.29 is 36.4 Å². The van der Waals surface area contributed by atoms with Crippen LogP contribution >= 0.6 is 0 Å². The second-order valence-corrected chi connectivity index (χ2v) is 15.2. The molecule has 3 nitrogen and oxygen atoms in total. The van der Waals surface area contributed by atoms with Crippen LogP contribution in [0.2, 0.25) is 0 Å². The lowest BCUT2D eigenvalue weighted by molar-refractivity contribution is -0.284. The fourth-order valence-corrected chi connectivity index (χ4v) is 9.69. The summed E-state index contributed by atoms with van der Waals surface area (Å²) in [5.41, 5.74) is 2.75. The second-order valence-electron chi connectivity index (χ2n) is 13.5. The molecule has 1 aromatic carbocycles. The van der Waals surface area contributed by atoms with Crippen molar-refractivity contribution >= 4 is 10.8 Å². The van der Waals surface area contributed by atoms with Crippen LogP contribution in [0.4, 0.5) is 22.0 Å². The molecule has 0 amide bonds. The lowest BCUT2D eigenvalue weighted by Crippen LogP contribution is -2.47. The number of halogens is 5. The van der Waals surface area contributed by atoms with E-state index in [1.807, 2.05) is 12.1 Å². The van der Waals surface area contributed by atoms with E-state index in [9.17, 15) is 36.4 Å². The monoisotopic (exact) mass is 620 g/mol. The molecular formula is C33H49F5O3S. The standard InChI is InChI=1S/C33H49F5O3S/c1-31-18-16-27-26-13-12-25(39)22-24(26)21-23(30(27)28(31)14-15-29(31)40)11-7-5-3-2-4-6-9-19-42(41)20-10-8-17-32(34,35)33(36,37)38/h12-13,22-23,27-30,39-40H,2-11,14-21H2,1H3/t23-,27-,28+,29+,30-,31+,42?/m1/s1. The number of fused-ring (bicyclic) bond motifs is 5. The van der Waals surface area contributed by atoms with Gasteiger partial charge in [0.25, 0.3) is 0 Å². The minimum atomic E-state index is -5.51. The van der Waals surface area contributed by atoms with Crippen molar-refractivity contribution in [2.45, 2.75) is 134 Å². The average Bonchev–Trinajstić information content (AvgIpc) is 3.23. The second kappa shape index (κ2) is 14.3. The zero-order chi connectivity index (χ0) is 30.5. The Morgan fingerprint density at radius 3 is 2.24 bits per heavy atom. The molecule has 1 unspecified atom stereocenters. The van der Waals surface area contributed by atoms with Crippen molar-refractivity contribution in [1.29, 1.82) is 0 Å². The number of unbranched alkanes of at least 4 members (excludes halogenated alkanes) is 7. The summed E-state index contributed by atoms with van der Waals surface area (Å²) < 4.78 is 74.6. The number of benzene rings is 1. The fraction of sp³-hybridized carbons (Fsp3) is 0.818. The molecule has 4 rings (SSSR count). The largest absolute Gasteiger partial charge is 0.508 e. The number of rotatable bonds is 15. The van der Waals surface area contributed by atoms with Gasteiger partial charge >= 0.3 is 12.1 Å². The number of hydrogen-bond acceptors (Lipinski definition) is 3. The number of aliphatic hydroxyl groups excluding tert-OH is 1. The van der Waals surface area contributed by atoms with Crippen LogP contribution in [0.1, 0.15) is 120 Å². The van der Waals surface area contributed by atoms with Crippen molar-refractivity contribution in [2.75, 3.05) is 11.5 Å². The molecule has 9 heteroatoms. The Balaban J connectivity index is 1.13. The van der Waals surface area contributed by atoms with Gasteiger partial charge in [0.1, 0.15) is 5.75 Å². The van der Waals surface area contributed by atoms with Crippen LogP contribution in [0.15, 0.2) is 18.2 Å². The first kappa shape index (κ1) is 33.7. The number of phenols is 1. The highest BCUT2D eigenvalue weighted by molar-refractivity contribution is 7.84. The molecule has 0 radical (unpaired) electrons. The van der Waals surface area contributed by atoms with E-state index < -0.39 is 29.3 Å². The Morgan fingerprint density at radius 1 is 0.905 bits per heavy atom. The normalized spacial score (nSPS) is 30.0. The minimum Gasteiger partial charge on any atom is -0.508 e. The smallest absolute Gasteiger partial charge is 0.453 e. The lowest BCUT2D eigenvalue weighted by atomic mass is 9.52. The molecule has 3 aliphatic carbocycles. The van der Waals surface area contributed by atoms with Crippen LogP contribution in [0.25, 0.3) is 0 Å². The minimum absolute atomic E-state index is 0.0271. The van der Waals surface area contributed by atoms with Gasteiger partial charge < -0.3 is 10.2 Å². The van der Waals surface area contributed by atoms with Gasteiger partial charge in [-0.3, -0.25) is 4.21 Å². The van der Waals surface area contributed by atoms with E-state index in [2.05, 4.69) is 13.0 Å².